The molecule has 0 saturated carbocycles. The van der Waals surface area contributed by atoms with Crippen molar-refractivity contribution in [1.29, 1.82) is 0 Å². The van der Waals surface area contributed by atoms with Gasteiger partial charge in [0.05, 0.1) is 22.8 Å². The van der Waals surface area contributed by atoms with E-state index in [0.717, 1.165) is 17.1 Å². The van der Waals surface area contributed by atoms with Crippen molar-refractivity contribution >= 4 is 5.97 Å². The first-order chi connectivity index (χ1) is 12.5. The van der Waals surface area contributed by atoms with Crippen LogP contribution in [0.25, 0.3) is 5.69 Å². The Morgan fingerprint density at radius 3 is 2.50 bits per heavy atom. The Morgan fingerprint density at radius 1 is 1.15 bits per heavy atom. The summed E-state index contributed by atoms with van der Waals surface area (Å²) in [5.41, 5.74) is 3.42. The van der Waals surface area contributed by atoms with Gasteiger partial charge in [-0.3, -0.25) is 0 Å². The second-order valence-corrected chi connectivity index (χ2v) is 6.14. The monoisotopic (exact) mass is 354 g/mol. The highest BCUT2D eigenvalue weighted by Crippen LogP contribution is 2.23. The Labute approximate surface area is 151 Å². The zero-order chi connectivity index (χ0) is 18.7. The fraction of sp³-hybridized carbons (Fsp3) is 0.316. The molecule has 0 saturated heterocycles. The highest BCUT2D eigenvalue weighted by molar-refractivity contribution is 5.71. The van der Waals surface area contributed by atoms with Gasteiger partial charge in [-0.15, -0.1) is 0 Å². The topological polar surface area (TPSA) is 82.2 Å². The lowest BCUT2D eigenvalue weighted by molar-refractivity contribution is -0.141. The normalized spacial score (nSPS) is 12.1. The Kier molecular flexibility index (Phi) is 5.06. The number of aromatic nitrogens is 4. The van der Waals surface area contributed by atoms with Gasteiger partial charge in [-0.25, -0.2) is 14.2 Å². The maximum absolute atomic E-state index is 11.5. The molecule has 0 spiro atoms. The van der Waals surface area contributed by atoms with Gasteiger partial charge in [-0.05, 0) is 38.5 Å². The largest absolute Gasteiger partial charge is 0.480 e. The van der Waals surface area contributed by atoms with Crippen molar-refractivity contribution in [3.8, 4) is 11.6 Å². The smallest absolute Gasteiger partial charge is 0.328 e. The van der Waals surface area contributed by atoms with Crippen LogP contribution in [-0.4, -0.2) is 30.6 Å². The molecule has 7 nitrogen and oxygen atoms in total. The first-order valence-corrected chi connectivity index (χ1v) is 8.52. The van der Waals surface area contributed by atoms with E-state index in [9.17, 15) is 9.90 Å². The summed E-state index contributed by atoms with van der Waals surface area (Å²) in [6, 6.07) is 12.8. The number of rotatable bonds is 7. The fourth-order valence-corrected chi connectivity index (χ4v) is 2.87. The minimum atomic E-state index is -0.925. The zero-order valence-electron chi connectivity index (χ0n) is 15.1. The summed E-state index contributed by atoms with van der Waals surface area (Å²) in [4.78, 5) is 11.5. The van der Waals surface area contributed by atoms with Gasteiger partial charge in [0, 0.05) is 6.07 Å². The zero-order valence-corrected chi connectivity index (χ0v) is 15.1. The number of ether oxygens (including phenoxy) is 1. The molecule has 0 aliphatic rings. The van der Waals surface area contributed by atoms with Crippen LogP contribution in [0.5, 0.6) is 5.88 Å². The predicted octanol–water partition coefficient (Wildman–Crippen LogP) is 3.30. The molecule has 3 rings (SSSR count). The number of hydrogen-bond donors (Lipinski definition) is 1. The molecule has 1 aromatic carbocycles. The van der Waals surface area contributed by atoms with Crippen LogP contribution >= 0.6 is 0 Å². The molecule has 0 aliphatic carbocycles. The van der Waals surface area contributed by atoms with Gasteiger partial charge in [0.2, 0.25) is 5.88 Å². The number of benzene rings is 1. The minimum absolute atomic E-state index is 0.261. The number of nitrogens with zero attached hydrogens (tertiary/aromatic N) is 4. The van der Waals surface area contributed by atoms with Gasteiger partial charge in [0.25, 0.3) is 0 Å². The molecule has 3 aromatic rings. The van der Waals surface area contributed by atoms with E-state index in [4.69, 9.17) is 4.74 Å². The highest BCUT2D eigenvalue weighted by Gasteiger charge is 2.22. The van der Waals surface area contributed by atoms with Gasteiger partial charge >= 0.3 is 5.97 Å². The third kappa shape index (κ3) is 3.61. The number of carboxylic acids is 1. The first kappa shape index (κ1) is 17.7. The summed E-state index contributed by atoms with van der Waals surface area (Å²) in [5, 5.41) is 18.2. The van der Waals surface area contributed by atoms with Crippen molar-refractivity contribution in [2.75, 3.05) is 0 Å². The average Bonchev–Trinajstić information content (AvgIpc) is 3.16. The molecule has 2 aromatic heterocycles. The van der Waals surface area contributed by atoms with Crippen LogP contribution in [-0.2, 0) is 11.4 Å². The van der Waals surface area contributed by atoms with E-state index in [1.807, 2.05) is 61.9 Å². The van der Waals surface area contributed by atoms with Crippen LogP contribution in [0, 0.1) is 13.8 Å². The van der Waals surface area contributed by atoms with Crippen molar-refractivity contribution in [2.24, 2.45) is 0 Å². The maximum atomic E-state index is 11.5. The molecule has 0 aliphatic heterocycles. The molecule has 1 unspecified atom stereocenters. The third-order valence-corrected chi connectivity index (χ3v) is 4.06. The number of aryl methyl sites for hydroxylation is 2. The third-order valence-electron chi connectivity index (χ3n) is 4.06. The second kappa shape index (κ2) is 7.43. The van der Waals surface area contributed by atoms with Crippen LogP contribution in [0.3, 0.4) is 0 Å². The minimum Gasteiger partial charge on any atom is -0.480 e. The number of hydrogen-bond acceptors (Lipinski definition) is 4. The van der Waals surface area contributed by atoms with Crippen LogP contribution in [0.1, 0.15) is 36.5 Å². The quantitative estimate of drug-likeness (QED) is 0.704. The van der Waals surface area contributed by atoms with Crippen LogP contribution < -0.4 is 4.74 Å². The van der Waals surface area contributed by atoms with Crippen molar-refractivity contribution in [1.82, 2.24) is 19.6 Å². The van der Waals surface area contributed by atoms with E-state index in [1.54, 1.807) is 6.07 Å². The molecular formula is C19H22N4O3. The van der Waals surface area contributed by atoms with Crippen LogP contribution in [0.4, 0.5) is 0 Å². The Morgan fingerprint density at radius 2 is 1.85 bits per heavy atom. The summed E-state index contributed by atoms with van der Waals surface area (Å²) < 4.78 is 9.20. The van der Waals surface area contributed by atoms with E-state index >= 15 is 0 Å². The van der Waals surface area contributed by atoms with Gasteiger partial charge < -0.3 is 9.84 Å². The van der Waals surface area contributed by atoms with Crippen molar-refractivity contribution in [3.63, 3.8) is 0 Å². The van der Waals surface area contributed by atoms with E-state index in [2.05, 4.69) is 10.2 Å². The molecule has 136 valence electrons. The Balaban J connectivity index is 1.86. The standard InChI is InChI=1S/C19H22N4O3/c1-4-17(19(24)25)23-18(11-14(3)21-23)26-12-16-10-13(2)20-22(16)15-8-6-5-7-9-15/h5-11,17H,4,12H2,1-3H3,(H,24,25). The molecule has 0 radical (unpaired) electrons. The lowest BCUT2D eigenvalue weighted by atomic mass is 10.2. The van der Waals surface area contributed by atoms with E-state index in [1.165, 1.54) is 4.68 Å². The molecule has 2 heterocycles. The molecule has 0 bridgehead atoms. The maximum Gasteiger partial charge on any atom is 0.328 e. The van der Waals surface area contributed by atoms with Gasteiger partial charge in [-0.1, -0.05) is 25.1 Å². The molecule has 7 heteroatoms. The number of carboxylic acid groups (broad SMARTS) is 1. The van der Waals surface area contributed by atoms with Crippen molar-refractivity contribution in [3.05, 3.63) is 59.5 Å². The summed E-state index contributed by atoms with van der Waals surface area (Å²) in [5.74, 6) is -0.485. The SMILES string of the molecule is CCC(C(=O)O)n1nc(C)cc1OCc1cc(C)nn1-c1ccccc1. The molecule has 26 heavy (non-hydrogen) atoms. The van der Waals surface area contributed by atoms with Crippen molar-refractivity contribution in [2.45, 2.75) is 39.8 Å². The molecule has 1 N–H and O–H groups in total. The lowest BCUT2D eigenvalue weighted by Gasteiger charge is -2.15. The first-order valence-electron chi connectivity index (χ1n) is 8.52. The molecule has 1 atom stereocenters. The molecule has 0 amide bonds. The van der Waals surface area contributed by atoms with Crippen LogP contribution in [0.15, 0.2) is 42.5 Å². The molecule has 0 fully saturated rings. The van der Waals surface area contributed by atoms with Crippen molar-refractivity contribution < 1.29 is 14.6 Å². The summed E-state index contributed by atoms with van der Waals surface area (Å²) in [7, 11) is 0. The summed E-state index contributed by atoms with van der Waals surface area (Å²) in [6.07, 6.45) is 0.424. The number of para-hydroxylation sites is 1. The highest BCUT2D eigenvalue weighted by atomic mass is 16.5. The van der Waals surface area contributed by atoms with E-state index in [-0.39, 0.29) is 6.61 Å². The van der Waals surface area contributed by atoms with Gasteiger partial charge in [-0.2, -0.15) is 10.2 Å². The lowest BCUT2D eigenvalue weighted by Crippen LogP contribution is -2.20. The average molecular weight is 354 g/mol. The van der Waals surface area contributed by atoms with E-state index < -0.39 is 12.0 Å². The summed E-state index contributed by atoms with van der Waals surface area (Å²) in [6.45, 7) is 5.81. The Hall–Kier alpha value is -3.09. The predicted molar refractivity (Wildman–Crippen MR) is 96.6 cm³/mol. The summed E-state index contributed by atoms with van der Waals surface area (Å²) >= 11 is 0. The fourth-order valence-electron chi connectivity index (χ4n) is 2.87. The number of carbonyl (C=O) groups is 1. The molecular weight excluding hydrogens is 332 g/mol. The van der Waals surface area contributed by atoms with Gasteiger partial charge in [0.15, 0.2) is 6.04 Å². The number of aliphatic carboxylic acids is 1. The second-order valence-electron chi connectivity index (χ2n) is 6.14. The van der Waals surface area contributed by atoms with Crippen LogP contribution in [0.2, 0.25) is 0 Å². The van der Waals surface area contributed by atoms with Gasteiger partial charge in [0.1, 0.15) is 6.61 Å². The van der Waals surface area contributed by atoms with E-state index in [0.29, 0.717) is 18.0 Å². The Bertz CT molecular complexity index is 899.